The van der Waals surface area contributed by atoms with Crippen molar-refractivity contribution in [1.29, 1.82) is 0 Å². The van der Waals surface area contributed by atoms with Crippen LogP contribution in [0.4, 0.5) is 6.01 Å². The molecule has 0 bridgehead atoms. The first-order valence-electron chi connectivity index (χ1n) is 1.66. The van der Waals surface area contributed by atoms with Crippen LogP contribution in [0.2, 0.25) is 0 Å². The Morgan fingerprint density at radius 2 is 2.71 bits per heavy atom. The second-order valence-corrected chi connectivity index (χ2v) is 0.906. The molecule has 0 aliphatic heterocycles. The Morgan fingerprint density at radius 1 is 1.86 bits per heavy atom. The summed E-state index contributed by atoms with van der Waals surface area (Å²) < 4.78 is 4.39. The molecule has 0 aliphatic rings. The summed E-state index contributed by atoms with van der Waals surface area (Å²) >= 11 is 0. The van der Waals surface area contributed by atoms with Gasteiger partial charge in [0.25, 0.3) is 0 Å². The lowest BCUT2D eigenvalue weighted by molar-refractivity contribution is 0.568. The van der Waals surface area contributed by atoms with Crippen molar-refractivity contribution >= 4 is 6.01 Å². The van der Waals surface area contributed by atoms with Gasteiger partial charge < -0.3 is 4.42 Å². The summed E-state index contributed by atoms with van der Waals surface area (Å²) in [7, 11) is 0. The van der Waals surface area contributed by atoms with Crippen LogP contribution in [0.3, 0.4) is 0 Å². The molecule has 7 heavy (non-hydrogen) atoms. The van der Waals surface area contributed by atoms with Gasteiger partial charge in [0.2, 0.25) is 0 Å². The van der Waals surface area contributed by atoms with Gasteiger partial charge in [-0.2, -0.15) is 4.98 Å². The molecule has 0 radical (unpaired) electrons. The van der Waals surface area contributed by atoms with Gasteiger partial charge in [0.05, 0.1) is 6.20 Å². The number of nitrogens with zero attached hydrogens (tertiary/aromatic N) is 2. The molecule has 0 atom stereocenters. The molecule has 0 aliphatic carbocycles. The summed E-state index contributed by atoms with van der Waals surface area (Å²) in [6, 6.07) is -0.125. The van der Waals surface area contributed by atoms with Crippen molar-refractivity contribution < 1.29 is 4.42 Å². The van der Waals surface area contributed by atoms with Crippen LogP contribution in [-0.4, -0.2) is 4.98 Å². The number of aromatic nitrogens is 1. The summed E-state index contributed by atoms with van der Waals surface area (Å²) in [6.45, 7) is 0. The maximum Gasteiger partial charge on any atom is 0.360 e. The van der Waals surface area contributed by atoms with E-state index >= 15 is 0 Å². The lowest BCUT2D eigenvalue weighted by atomic mass is 11.0. The Bertz CT molecular complexity index is 146. The zero-order chi connectivity index (χ0) is 5.11. The molecule has 0 spiro atoms. The van der Waals surface area contributed by atoms with Crippen molar-refractivity contribution in [2.45, 2.75) is 0 Å². The largest absolute Gasteiger partial charge is 0.429 e. The Kier molecular flexibility index (Phi) is 0.856. The molecule has 0 saturated heterocycles. The van der Waals surface area contributed by atoms with Gasteiger partial charge in [0.15, 0.2) is 0 Å². The lowest BCUT2D eigenvalue weighted by Crippen LogP contribution is -1.51. The van der Waals surface area contributed by atoms with Gasteiger partial charge in [-0.05, 0) is 0 Å². The lowest BCUT2D eigenvalue weighted by Gasteiger charge is -1.65. The molecular weight excluding hydrogens is 96.0 g/mol. The maximum atomic E-state index is 9.46. The zero-order valence-electron chi connectivity index (χ0n) is 3.37. The standard InChI is InChI=1S/C3H2N2O2/c6-5-3-4-1-2-7-3/h1-2H. The average molecular weight is 98.1 g/mol. The van der Waals surface area contributed by atoms with Crippen LogP contribution in [0.1, 0.15) is 0 Å². The fourth-order valence-electron chi connectivity index (χ4n) is 0.261. The number of oxazole rings is 1. The van der Waals surface area contributed by atoms with E-state index < -0.39 is 0 Å². The Hall–Kier alpha value is -1.19. The molecule has 0 unspecified atom stereocenters. The van der Waals surface area contributed by atoms with Crippen LogP contribution in [-0.2, 0) is 0 Å². The van der Waals surface area contributed by atoms with Crippen LogP contribution in [0.25, 0.3) is 0 Å². The van der Waals surface area contributed by atoms with Crippen LogP contribution in [0.15, 0.2) is 22.1 Å². The summed E-state index contributed by atoms with van der Waals surface area (Å²) in [5.74, 6) is 0. The molecule has 4 heteroatoms. The van der Waals surface area contributed by atoms with E-state index in [4.69, 9.17) is 0 Å². The monoisotopic (exact) mass is 98.0 g/mol. The second kappa shape index (κ2) is 1.51. The van der Waals surface area contributed by atoms with Crippen LogP contribution >= 0.6 is 0 Å². The minimum atomic E-state index is -0.125. The number of nitroso groups, excluding NO2 is 1. The van der Waals surface area contributed by atoms with Gasteiger partial charge in [-0.3, -0.25) is 0 Å². The summed E-state index contributed by atoms with van der Waals surface area (Å²) in [5, 5.41) is 2.40. The summed E-state index contributed by atoms with van der Waals surface area (Å²) in [5.41, 5.74) is 0. The fourth-order valence-corrected chi connectivity index (χ4v) is 0.261. The Balaban J connectivity index is 2.96. The first-order valence-corrected chi connectivity index (χ1v) is 1.66. The molecule has 0 amide bonds. The van der Waals surface area contributed by atoms with E-state index in [1.807, 2.05) is 0 Å². The highest BCUT2D eigenvalue weighted by Crippen LogP contribution is 2.02. The highest BCUT2D eigenvalue weighted by Gasteiger charge is 1.88. The highest BCUT2D eigenvalue weighted by atomic mass is 16.4. The molecule has 0 saturated carbocycles. The molecular formula is C3H2N2O2. The maximum absolute atomic E-state index is 9.46. The van der Waals surface area contributed by atoms with Crippen molar-refractivity contribution in [3.05, 3.63) is 17.4 Å². The van der Waals surface area contributed by atoms with E-state index in [1.54, 1.807) is 0 Å². The molecule has 1 heterocycles. The van der Waals surface area contributed by atoms with Gasteiger partial charge in [-0.1, -0.05) is 0 Å². The molecule has 0 fully saturated rings. The van der Waals surface area contributed by atoms with E-state index in [2.05, 4.69) is 14.6 Å². The van der Waals surface area contributed by atoms with Crippen LogP contribution in [0.5, 0.6) is 0 Å². The Labute approximate surface area is 39.1 Å². The minimum absolute atomic E-state index is 0.125. The quantitative estimate of drug-likeness (QED) is 0.493. The topological polar surface area (TPSA) is 55.5 Å². The Morgan fingerprint density at radius 3 is 3.00 bits per heavy atom. The van der Waals surface area contributed by atoms with Gasteiger partial charge in [-0.15, -0.1) is 4.91 Å². The molecule has 0 aromatic carbocycles. The smallest absolute Gasteiger partial charge is 0.360 e. The first kappa shape index (κ1) is 3.98. The highest BCUT2D eigenvalue weighted by molar-refractivity contribution is 5.03. The molecule has 36 valence electrons. The molecule has 1 aromatic heterocycles. The van der Waals surface area contributed by atoms with Crippen molar-refractivity contribution in [3.8, 4) is 0 Å². The number of hydrogen-bond donors (Lipinski definition) is 0. The summed E-state index contributed by atoms with van der Waals surface area (Å²) in [4.78, 5) is 12.9. The predicted molar refractivity (Wildman–Crippen MR) is 22.0 cm³/mol. The third-order valence-corrected chi connectivity index (χ3v) is 0.497. The van der Waals surface area contributed by atoms with Crippen LogP contribution < -0.4 is 0 Å². The molecule has 1 rings (SSSR count). The second-order valence-electron chi connectivity index (χ2n) is 0.906. The first-order chi connectivity index (χ1) is 3.43. The average Bonchev–Trinajstić information content (AvgIpc) is 2.14. The van der Waals surface area contributed by atoms with E-state index in [1.165, 1.54) is 12.5 Å². The third kappa shape index (κ3) is 0.623. The van der Waals surface area contributed by atoms with Crippen molar-refractivity contribution in [3.63, 3.8) is 0 Å². The van der Waals surface area contributed by atoms with Crippen molar-refractivity contribution in [2.75, 3.05) is 0 Å². The van der Waals surface area contributed by atoms with Crippen molar-refractivity contribution in [2.24, 2.45) is 5.18 Å². The SMILES string of the molecule is O=Nc1ncco1. The van der Waals surface area contributed by atoms with Gasteiger partial charge >= 0.3 is 6.01 Å². The van der Waals surface area contributed by atoms with Gasteiger partial charge in [0, 0.05) is 5.18 Å². The number of hydrogen-bond acceptors (Lipinski definition) is 4. The number of rotatable bonds is 1. The minimum Gasteiger partial charge on any atom is -0.429 e. The van der Waals surface area contributed by atoms with Crippen molar-refractivity contribution in [1.82, 2.24) is 4.98 Å². The van der Waals surface area contributed by atoms with E-state index in [9.17, 15) is 4.91 Å². The van der Waals surface area contributed by atoms with E-state index in [0.29, 0.717) is 0 Å². The van der Waals surface area contributed by atoms with E-state index in [-0.39, 0.29) is 6.01 Å². The normalized spacial score (nSPS) is 8.57. The fraction of sp³-hybridized carbons (Fsp3) is 0. The van der Waals surface area contributed by atoms with E-state index in [0.717, 1.165) is 0 Å². The predicted octanol–water partition coefficient (Wildman–Crippen LogP) is 1.07. The van der Waals surface area contributed by atoms with Crippen LogP contribution in [0, 0.1) is 4.91 Å². The van der Waals surface area contributed by atoms with Gasteiger partial charge in [-0.25, -0.2) is 0 Å². The molecule has 4 nitrogen and oxygen atoms in total. The van der Waals surface area contributed by atoms with Gasteiger partial charge in [0.1, 0.15) is 6.26 Å². The third-order valence-electron chi connectivity index (χ3n) is 0.497. The zero-order valence-corrected chi connectivity index (χ0v) is 3.37. The summed E-state index contributed by atoms with van der Waals surface area (Å²) in [6.07, 6.45) is 2.65. The molecule has 0 N–H and O–H groups in total. The molecule has 1 aromatic rings.